The van der Waals surface area contributed by atoms with Crippen molar-refractivity contribution in [3.8, 4) is 0 Å². The van der Waals surface area contributed by atoms with Crippen LogP contribution in [0.25, 0.3) is 0 Å². The van der Waals surface area contributed by atoms with Crippen LogP contribution in [-0.4, -0.2) is 0 Å². The Labute approximate surface area is 62.1 Å². The first-order chi connectivity index (χ1) is 3.83. The number of thiophene rings is 1. The SMILES string of the molecule is Cc1ccc(SS)s1. The second-order valence-corrected chi connectivity index (χ2v) is 4.17. The summed E-state index contributed by atoms with van der Waals surface area (Å²) in [6, 6.07) is 4.18. The number of rotatable bonds is 1. The first-order valence-electron chi connectivity index (χ1n) is 2.21. The molecule has 0 saturated carbocycles. The molecule has 0 spiro atoms. The molecule has 0 aromatic carbocycles. The van der Waals surface area contributed by atoms with Crippen LogP contribution < -0.4 is 0 Å². The molecular weight excluding hydrogens is 156 g/mol. The van der Waals surface area contributed by atoms with Gasteiger partial charge in [-0.25, -0.2) is 0 Å². The van der Waals surface area contributed by atoms with E-state index in [2.05, 4.69) is 30.7 Å². The zero-order valence-corrected chi connectivity index (χ0v) is 6.95. The summed E-state index contributed by atoms with van der Waals surface area (Å²) in [6.45, 7) is 2.10. The largest absolute Gasteiger partial charge is 0.133 e. The van der Waals surface area contributed by atoms with Gasteiger partial charge in [-0.2, -0.15) is 0 Å². The molecule has 0 nitrogen and oxygen atoms in total. The molecule has 0 saturated heterocycles. The lowest BCUT2D eigenvalue weighted by Crippen LogP contribution is -1.43. The van der Waals surface area contributed by atoms with E-state index in [1.165, 1.54) is 19.9 Å². The van der Waals surface area contributed by atoms with Crippen LogP contribution in [0.2, 0.25) is 0 Å². The third-order valence-corrected chi connectivity index (χ3v) is 3.38. The van der Waals surface area contributed by atoms with Gasteiger partial charge in [0.05, 0.1) is 4.21 Å². The summed E-state index contributed by atoms with van der Waals surface area (Å²) >= 11 is 5.82. The lowest BCUT2D eigenvalue weighted by molar-refractivity contribution is 1.63. The van der Waals surface area contributed by atoms with Gasteiger partial charge in [0.25, 0.3) is 0 Å². The minimum atomic E-state index is 1.27. The fourth-order valence-corrected chi connectivity index (χ4v) is 2.24. The maximum absolute atomic E-state index is 4.05. The van der Waals surface area contributed by atoms with Gasteiger partial charge in [-0.1, -0.05) is 10.8 Å². The van der Waals surface area contributed by atoms with Gasteiger partial charge in [0.15, 0.2) is 0 Å². The van der Waals surface area contributed by atoms with Gasteiger partial charge in [-0.05, 0) is 19.1 Å². The first kappa shape index (κ1) is 6.52. The molecule has 0 bridgehead atoms. The number of hydrogen-bond acceptors (Lipinski definition) is 3. The number of aryl methyl sites for hydroxylation is 1. The quantitative estimate of drug-likeness (QED) is 0.489. The van der Waals surface area contributed by atoms with E-state index in [-0.39, 0.29) is 0 Å². The molecule has 0 aliphatic carbocycles. The molecule has 0 radical (unpaired) electrons. The van der Waals surface area contributed by atoms with Crippen molar-refractivity contribution < 1.29 is 0 Å². The average molecular weight is 162 g/mol. The second kappa shape index (κ2) is 2.80. The Morgan fingerprint density at radius 3 is 2.62 bits per heavy atom. The van der Waals surface area contributed by atoms with Crippen LogP contribution in [0.4, 0.5) is 0 Å². The smallest absolute Gasteiger partial charge is 0.0706 e. The van der Waals surface area contributed by atoms with E-state index in [4.69, 9.17) is 0 Å². The predicted octanol–water partition coefficient (Wildman–Crippen LogP) is 2.99. The van der Waals surface area contributed by atoms with Crippen molar-refractivity contribution in [2.24, 2.45) is 0 Å². The highest BCUT2D eigenvalue weighted by molar-refractivity contribution is 8.69. The topological polar surface area (TPSA) is 0 Å². The highest BCUT2D eigenvalue weighted by atomic mass is 33.1. The van der Waals surface area contributed by atoms with Gasteiger partial charge >= 0.3 is 0 Å². The molecule has 0 atom stereocenters. The van der Waals surface area contributed by atoms with Gasteiger partial charge in [0, 0.05) is 4.88 Å². The summed E-state index contributed by atoms with van der Waals surface area (Å²) in [7, 11) is 1.50. The van der Waals surface area contributed by atoms with Crippen LogP contribution in [0.1, 0.15) is 4.88 Å². The van der Waals surface area contributed by atoms with Gasteiger partial charge < -0.3 is 0 Å². The van der Waals surface area contributed by atoms with E-state index >= 15 is 0 Å². The molecule has 3 heteroatoms. The molecule has 0 aliphatic heterocycles. The highest BCUT2D eigenvalue weighted by Gasteiger charge is 1.91. The van der Waals surface area contributed by atoms with Crippen LogP contribution in [0, 0.1) is 6.92 Å². The first-order valence-corrected chi connectivity index (χ1v) is 4.89. The van der Waals surface area contributed by atoms with Crippen LogP contribution >= 0.6 is 33.8 Å². The average Bonchev–Trinajstić information content (AvgIpc) is 2.14. The molecule has 0 N–H and O–H groups in total. The molecule has 1 aromatic heterocycles. The van der Waals surface area contributed by atoms with Crippen molar-refractivity contribution in [2.45, 2.75) is 11.1 Å². The van der Waals surface area contributed by atoms with Gasteiger partial charge in [-0.15, -0.1) is 23.0 Å². The molecule has 1 aromatic rings. The molecule has 0 fully saturated rings. The number of hydrogen-bond donors (Lipinski definition) is 1. The van der Waals surface area contributed by atoms with E-state index in [9.17, 15) is 0 Å². The van der Waals surface area contributed by atoms with E-state index in [0.717, 1.165) is 0 Å². The lowest BCUT2D eigenvalue weighted by Gasteiger charge is -1.79. The standard InChI is InChI=1S/C5H6S3/c1-4-2-3-5(7-4)8-6/h2-3,6H,1H3. The van der Waals surface area contributed by atoms with Crippen molar-refractivity contribution in [3.63, 3.8) is 0 Å². The third-order valence-electron chi connectivity index (χ3n) is 0.806. The Hall–Kier alpha value is 0.400. The molecule has 1 heterocycles. The van der Waals surface area contributed by atoms with Gasteiger partial charge in [0.1, 0.15) is 0 Å². The van der Waals surface area contributed by atoms with Crippen LogP contribution in [0.3, 0.4) is 0 Å². The van der Waals surface area contributed by atoms with Crippen molar-refractivity contribution in [2.75, 3.05) is 0 Å². The van der Waals surface area contributed by atoms with Crippen molar-refractivity contribution in [3.05, 3.63) is 17.0 Å². The molecule has 1 rings (SSSR count). The van der Waals surface area contributed by atoms with Crippen molar-refractivity contribution in [1.82, 2.24) is 0 Å². The van der Waals surface area contributed by atoms with E-state index in [0.29, 0.717) is 0 Å². The summed E-state index contributed by atoms with van der Waals surface area (Å²) in [5.41, 5.74) is 0. The molecule has 44 valence electrons. The lowest BCUT2D eigenvalue weighted by atomic mass is 10.5. The van der Waals surface area contributed by atoms with Crippen molar-refractivity contribution >= 4 is 33.8 Å². The Bertz CT molecular complexity index is 168. The molecule has 0 aliphatic rings. The Balaban J connectivity index is 2.84. The minimum absolute atomic E-state index is 1.27. The third kappa shape index (κ3) is 1.44. The Morgan fingerprint density at radius 1 is 1.62 bits per heavy atom. The monoisotopic (exact) mass is 162 g/mol. The normalized spacial score (nSPS) is 9.75. The number of thiol groups is 1. The second-order valence-electron chi connectivity index (χ2n) is 1.46. The van der Waals surface area contributed by atoms with Gasteiger partial charge in [-0.3, -0.25) is 0 Å². The fraction of sp³-hybridized carbons (Fsp3) is 0.200. The summed E-state index contributed by atoms with van der Waals surface area (Å²) in [6.07, 6.45) is 0. The molecular formula is C5H6S3. The Kier molecular flexibility index (Phi) is 2.28. The van der Waals surface area contributed by atoms with Crippen LogP contribution in [0.5, 0.6) is 0 Å². The molecule has 0 amide bonds. The van der Waals surface area contributed by atoms with E-state index < -0.39 is 0 Å². The summed E-state index contributed by atoms with van der Waals surface area (Å²) in [5.74, 6) is 0. The van der Waals surface area contributed by atoms with E-state index in [1.807, 2.05) is 0 Å². The summed E-state index contributed by atoms with van der Waals surface area (Å²) in [4.78, 5) is 1.35. The zero-order valence-electron chi connectivity index (χ0n) is 4.42. The molecule has 0 unspecified atom stereocenters. The van der Waals surface area contributed by atoms with Crippen LogP contribution in [0.15, 0.2) is 16.3 Å². The zero-order chi connectivity index (χ0) is 5.98. The predicted molar refractivity (Wildman–Crippen MR) is 43.9 cm³/mol. The molecule has 8 heavy (non-hydrogen) atoms. The van der Waals surface area contributed by atoms with E-state index in [1.54, 1.807) is 11.3 Å². The Morgan fingerprint density at radius 2 is 2.38 bits per heavy atom. The van der Waals surface area contributed by atoms with Gasteiger partial charge in [0.2, 0.25) is 0 Å². The highest BCUT2D eigenvalue weighted by Crippen LogP contribution is 2.28. The minimum Gasteiger partial charge on any atom is -0.133 e. The summed E-state index contributed by atoms with van der Waals surface area (Å²) in [5, 5.41) is 0. The van der Waals surface area contributed by atoms with Crippen molar-refractivity contribution in [1.29, 1.82) is 0 Å². The van der Waals surface area contributed by atoms with Crippen LogP contribution in [-0.2, 0) is 0 Å². The maximum atomic E-state index is 4.05. The maximum Gasteiger partial charge on any atom is 0.0706 e. The summed E-state index contributed by atoms with van der Waals surface area (Å²) < 4.78 is 1.27. The fourth-order valence-electron chi connectivity index (χ4n) is 0.461.